The molecule has 2 rings (SSSR count). The average molecular weight is 265 g/mol. The highest BCUT2D eigenvalue weighted by atomic mass is 32.2. The number of carbonyl (C=O) groups is 1. The fourth-order valence-corrected chi connectivity index (χ4v) is 2.15. The Morgan fingerprint density at radius 2 is 2.06 bits per heavy atom. The largest absolute Gasteiger partial charge is 0.409 e. The van der Waals surface area contributed by atoms with Gasteiger partial charge in [0, 0.05) is 10.6 Å². The first-order valence-corrected chi connectivity index (χ1v) is 6.78. The summed E-state index contributed by atoms with van der Waals surface area (Å²) in [5.74, 6) is -0.226. The van der Waals surface area contributed by atoms with Crippen molar-refractivity contribution in [1.29, 1.82) is 0 Å². The van der Waals surface area contributed by atoms with E-state index in [4.69, 9.17) is 10.9 Å². The molecule has 0 saturated heterocycles. The molecule has 18 heavy (non-hydrogen) atoms. The quantitative estimate of drug-likeness (QED) is 0.255. The summed E-state index contributed by atoms with van der Waals surface area (Å²) in [4.78, 5) is 13.2. The van der Waals surface area contributed by atoms with Gasteiger partial charge in [-0.3, -0.25) is 4.79 Å². The molecule has 0 atom stereocenters. The van der Waals surface area contributed by atoms with Crippen molar-refractivity contribution in [3.05, 3.63) is 24.3 Å². The Morgan fingerprint density at radius 1 is 1.44 bits per heavy atom. The molecule has 0 aliphatic heterocycles. The van der Waals surface area contributed by atoms with E-state index in [1.54, 1.807) is 11.8 Å². The lowest BCUT2D eigenvalue weighted by Crippen LogP contribution is -2.36. The molecule has 6 heteroatoms. The van der Waals surface area contributed by atoms with E-state index in [0.29, 0.717) is 12.8 Å². The third-order valence-electron chi connectivity index (χ3n) is 3.13. The van der Waals surface area contributed by atoms with Gasteiger partial charge < -0.3 is 16.3 Å². The number of amides is 1. The van der Waals surface area contributed by atoms with Gasteiger partial charge in [-0.1, -0.05) is 5.16 Å². The van der Waals surface area contributed by atoms with E-state index in [0.717, 1.165) is 10.6 Å². The van der Waals surface area contributed by atoms with Crippen molar-refractivity contribution < 1.29 is 10.0 Å². The summed E-state index contributed by atoms with van der Waals surface area (Å²) in [6, 6.07) is 7.55. The fraction of sp³-hybridized carbons (Fsp3) is 0.333. The maximum absolute atomic E-state index is 12.1. The smallest absolute Gasteiger partial charge is 0.238 e. The van der Waals surface area contributed by atoms with Crippen LogP contribution in [0.2, 0.25) is 0 Å². The van der Waals surface area contributed by atoms with E-state index in [-0.39, 0.29) is 11.7 Å². The SMILES string of the molecule is CSc1ccc(NC(=O)C2(/C(N)=N/O)CC2)cc1. The Hall–Kier alpha value is -1.69. The third kappa shape index (κ3) is 2.28. The monoisotopic (exact) mass is 265 g/mol. The van der Waals surface area contributed by atoms with Gasteiger partial charge in [-0.05, 0) is 43.4 Å². The number of nitrogens with two attached hydrogens (primary N) is 1. The minimum Gasteiger partial charge on any atom is -0.409 e. The number of hydrogen-bond donors (Lipinski definition) is 3. The summed E-state index contributed by atoms with van der Waals surface area (Å²) in [5.41, 5.74) is 5.45. The summed E-state index contributed by atoms with van der Waals surface area (Å²) in [5, 5.41) is 14.4. The lowest BCUT2D eigenvalue weighted by atomic mass is 10.1. The highest BCUT2D eigenvalue weighted by Gasteiger charge is 2.54. The molecule has 0 spiro atoms. The first kappa shape index (κ1) is 12.8. The topological polar surface area (TPSA) is 87.7 Å². The van der Waals surface area contributed by atoms with Crippen LogP contribution < -0.4 is 11.1 Å². The number of oxime groups is 1. The number of hydrogen-bond acceptors (Lipinski definition) is 4. The maximum atomic E-state index is 12.1. The number of rotatable bonds is 4. The molecule has 96 valence electrons. The first-order valence-electron chi connectivity index (χ1n) is 5.56. The van der Waals surface area contributed by atoms with Gasteiger partial charge in [0.2, 0.25) is 5.91 Å². The molecule has 0 heterocycles. The molecule has 1 aromatic carbocycles. The van der Waals surface area contributed by atoms with E-state index >= 15 is 0 Å². The summed E-state index contributed by atoms with van der Waals surface area (Å²) in [6.45, 7) is 0. The van der Waals surface area contributed by atoms with E-state index in [1.807, 2.05) is 30.5 Å². The molecule has 4 N–H and O–H groups in total. The van der Waals surface area contributed by atoms with E-state index in [1.165, 1.54) is 0 Å². The van der Waals surface area contributed by atoms with Crippen LogP contribution in [0.15, 0.2) is 34.3 Å². The van der Waals surface area contributed by atoms with Gasteiger partial charge in [0.05, 0.1) is 0 Å². The minimum absolute atomic E-state index is 0.0132. The predicted molar refractivity (Wildman–Crippen MR) is 71.9 cm³/mol. The van der Waals surface area contributed by atoms with Crippen molar-refractivity contribution in [2.75, 3.05) is 11.6 Å². The van der Waals surface area contributed by atoms with Crippen LogP contribution in [-0.2, 0) is 4.79 Å². The Morgan fingerprint density at radius 3 is 2.50 bits per heavy atom. The molecule has 1 aliphatic rings. The number of thioether (sulfide) groups is 1. The lowest BCUT2D eigenvalue weighted by Gasteiger charge is -2.13. The van der Waals surface area contributed by atoms with Crippen molar-refractivity contribution in [3.8, 4) is 0 Å². The number of nitrogens with zero attached hydrogens (tertiary/aromatic N) is 1. The zero-order chi connectivity index (χ0) is 13.2. The van der Waals surface area contributed by atoms with Gasteiger partial charge in [0.1, 0.15) is 5.41 Å². The van der Waals surface area contributed by atoms with E-state index in [9.17, 15) is 4.79 Å². The molecule has 1 saturated carbocycles. The number of benzene rings is 1. The van der Waals surface area contributed by atoms with Crippen molar-refractivity contribution >= 4 is 29.2 Å². The van der Waals surface area contributed by atoms with Crippen molar-refractivity contribution in [2.24, 2.45) is 16.3 Å². The number of anilines is 1. The highest BCUT2D eigenvalue weighted by molar-refractivity contribution is 7.98. The molecular weight excluding hydrogens is 250 g/mol. The van der Waals surface area contributed by atoms with Crippen LogP contribution in [0.5, 0.6) is 0 Å². The van der Waals surface area contributed by atoms with Gasteiger partial charge in [-0.25, -0.2) is 0 Å². The van der Waals surface area contributed by atoms with Crippen LogP contribution in [-0.4, -0.2) is 23.2 Å². The Kier molecular flexibility index (Phi) is 3.47. The first-order chi connectivity index (χ1) is 8.62. The molecular formula is C12H15N3O2S. The summed E-state index contributed by atoms with van der Waals surface area (Å²) in [6.07, 6.45) is 3.24. The zero-order valence-electron chi connectivity index (χ0n) is 10.0. The minimum atomic E-state index is -0.813. The molecule has 1 aromatic rings. The summed E-state index contributed by atoms with van der Waals surface area (Å²) in [7, 11) is 0. The normalized spacial score (nSPS) is 17.3. The summed E-state index contributed by atoms with van der Waals surface area (Å²) < 4.78 is 0. The van der Waals surface area contributed by atoms with Gasteiger partial charge in [-0.15, -0.1) is 11.8 Å². The number of amidine groups is 1. The molecule has 0 unspecified atom stereocenters. The van der Waals surface area contributed by atoms with E-state index in [2.05, 4.69) is 10.5 Å². The van der Waals surface area contributed by atoms with Crippen LogP contribution >= 0.6 is 11.8 Å². The van der Waals surface area contributed by atoms with Crippen LogP contribution in [0.4, 0.5) is 5.69 Å². The van der Waals surface area contributed by atoms with Crippen LogP contribution in [0.3, 0.4) is 0 Å². The fourth-order valence-electron chi connectivity index (χ4n) is 1.75. The molecule has 0 bridgehead atoms. The predicted octanol–water partition coefficient (Wildman–Crippen LogP) is 1.87. The number of carbonyl (C=O) groups excluding carboxylic acids is 1. The Balaban J connectivity index is 2.07. The maximum Gasteiger partial charge on any atom is 0.238 e. The van der Waals surface area contributed by atoms with Crippen molar-refractivity contribution in [3.63, 3.8) is 0 Å². The van der Waals surface area contributed by atoms with Gasteiger partial charge in [0.15, 0.2) is 5.84 Å². The second-order valence-electron chi connectivity index (χ2n) is 4.25. The summed E-state index contributed by atoms with van der Waals surface area (Å²) >= 11 is 1.64. The number of nitrogens with one attached hydrogen (secondary N) is 1. The molecule has 0 aromatic heterocycles. The average Bonchev–Trinajstić information content (AvgIpc) is 3.20. The second kappa shape index (κ2) is 4.89. The molecule has 5 nitrogen and oxygen atoms in total. The van der Waals surface area contributed by atoms with Crippen LogP contribution in [0, 0.1) is 5.41 Å². The van der Waals surface area contributed by atoms with Crippen molar-refractivity contribution in [2.45, 2.75) is 17.7 Å². The molecule has 1 amide bonds. The highest BCUT2D eigenvalue weighted by Crippen LogP contribution is 2.46. The Bertz CT molecular complexity index is 481. The van der Waals surface area contributed by atoms with Crippen LogP contribution in [0.1, 0.15) is 12.8 Å². The third-order valence-corrected chi connectivity index (χ3v) is 3.87. The molecule has 1 fully saturated rings. The molecule has 0 radical (unpaired) electrons. The lowest BCUT2D eigenvalue weighted by molar-refractivity contribution is -0.119. The van der Waals surface area contributed by atoms with Crippen molar-refractivity contribution in [1.82, 2.24) is 0 Å². The Labute approximate surface area is 109 Å². The standard InChI is InChI=1S/C12H15N3O2S/c1-18-9-4-2-8(3-5-9)14-11(16)12(6-7-12)10(13)15-17/h2-5,17H,6-7H2,1H3,(H2,13,15)(H,14,16). The van der Waals surface area contributed by atoms with Gasteiger partial charge in [0.25, 0.3) is 0 Å². The van der Waals surface area contributed by atoms with Gasteiger partial charge in [-0.2, -0.15) is 0 Å². The second-order valence-corrected chi connectivity index (χ2v) is 5.13. The van der Waals surface area contributed by atoms with Crippen LogP contribution in [0.25, 0.3) is 0 Å². The molecule has 1 aliphatic carbocycles. The van der Waals surface area contributed by atoms with Gasteiger partial charge >= 0.3 is 0 Å². The zero-order valence-corrected chi connectivity index (χ0v) is 10.8. The van der Waals surface area contributed by atoms with E-state index < -0.39 is 5.41 Å².